The maximum atomic E-state index is 10.3. The molecule has 0 bridgehead atoms. The molecular weight excluding hydrogens is 164 g/mol. The van der Waals surface area contributed by atoms with E-state index < -0.39 is 11.1 Å². The lowest BCUT2D eigenvalue weighted by Gasteiger charge is -2.32. The van der Waals surface area contributed by atoms with Crippen molar-refractivity contribution in [2.75, 3.05) is 39.1 Å². The summed E-state index contributed by atoms with van der Waals surface area (Å²) < 4.78 is 20.6. The molecule has 1 fully saturated rings. The van der Waals surface area contributed by atoms with E-state index in [2.05, 4.69) is 4.90 Å². The van der Waals surface area contributed by atoms with E-state index in [9.17, 15) is 8.76 Å². The summed E-state index contributed by atoms with van der Waals surface area (Å²) in [6.45, 7) is 3.67. The minimum atomic E-state index is -1.92. The Hall–Kier alpha value is 0.0300. The van der Waals surface area contributed by atoms with E-state index in [0.717, 1.165) is 26.2 Å². The van der Waals surface area contributed by atoms with E-state index in [4.69, 9.17) is 0 Å². The summed E-state index contributed by atoms with van der Waals surface area (Å²) in [5.74, 6) is 0.188. The van der Waals surface area contributed by atoms with Gasteiger partial charge in [-0.3, -0.25) is 9.11 Å². The van der Waals surface area contributed by atoms with Gasteiger partial charge in [-0.2, -0.15) is 0 Å². The topological polar surface area (TPSA) is 46.6 Å². The van der Waals surface area contributed by atoms with E-state index >= 15 is 0 Å². The van der Waals surface area contributed by atoms with Gasteiger partial charge in [0.15, 0.2) is 0 Å². The Labute approximate surface area is 69.5 Å². The number of nitrogens with zero attached hydrogens (tertiary/aromatic N) is 2. The third-order valence-corrected chi connectivity index (χ3v) is 2.46. The van der Waals surface area contributed by atoms with Crippen molar-refractivity contribution < 1.29 is 8.76 Å². The Morgan fingerprint density at radius 2 is 1.91 bits per heavy atom. The molecule has 0 saturated carbocycles. The molecule has 0 aliphatic carbocycles. The van der Waals surface area contributed by atoms with E-state index in [-0.39, 0.29) is 5.88 Å². The van der Waals surface area contributed by atoms with Crippen molar-refractivity contribution in [1.29, 1.82) is 0 Å². The molecule has 0 spiro atoms. The molecular formula is C6H13N2O2S-. The number of hydrogen-bond donors (Lipinski definition) is 0. The lowest BCUT2D eigenvalue weighted by molar-refractivity contribution is 0.171. The van der Waals surface area contributed by atoms with Crippen molar-refractivity contribution in [3.63, 3.8) is 0 Å². The first-order valence-corrected chi connectivity index (χ1v) is 4.89. The molecule has 0 aromatic carbocycles. The Morgan fingerprint density at radius 3 is 2.36 bits per heavy atom. The lowest BCUT2D eigenvalue weighted by Crippen LogP contribution is -2.45. The maximum Gasteiger partial charge on any atom is 0.0614 e. The van der Waals surface area contributed by atoms with Crippen molar-refractivity contribution in [2.24, 2.45) is 0 Å². The van der Waals surface area contributed by atoms with Crippen LogP contribution in [0, 0.1) is 0 Å². The van der Waals surface area contributed by atoms with E-state index in [1.54, 1.807) is 0 Å². The fraction of sp³-hybridized carbons (Fsp3) is 1.00. The summed E-state index contributed by atoms with van der Waals surface area (Å²) in [4.78, 5) is 4.15. The first-order valence-electron chi connectivity index (χ1n) is 3.65. The Bertz CT molecular complexity index is 146. The molecule has 1 aliphatic rings. The van der Waals surface area contributed by atoms with E-state index in [1.165, 1.54) is 0 Å². The zero-order valence-corrected chi connectivity index (χ0v) is 7.47. The van der Waals surface area contributed by atoms with Crippen LogP contribution in [-0.2, 0) is 11.1 Å². The van der Waals surface area contributed by atoms with Crippen molar-refractivity contribution in [3.05, 3.63) is 0 Å². The molecule has 66 valence electrons. The molecule has 1 unspecified atom stereocenters. The van der Waals surface area contributed by atoms with Gasteiger partial charge in [-0.15, -0.1) is 0 Å². The van der Waals surface area contributed by atoms with Crippen molar-refractivity contribution in [2.45, 2.75) is 0 Å². The number of hydrogen-bond acceptors (Lipinski definition) is 4. The molecule has 1 rings (SSSR count). The summed E-state index contributed by atoms with van der Waals surface area (Å²) >= 11 is -1.92. The van der Waals surface area contributed by atoms with Crippen LogP contribution in [-0.4, -0.2) is 57.7 Å². The van der Waals surface area contributed by atoms with Crippen LogP contribution >= 0.6 is 0 Å². The summed E-state index contributed by atoms with van der Waals surface area (Å²) in [6.07, 6.45) is 0. The number of rotatable bonds is 2. The van der Waals surface area contributed by atoms with Gasteiger partial charge in [0.05, 0.1) is 5.88 Å². The highest BCUT2D eigenvalue weighted by Gasteiger charge is 2.12. The molecule has 1 atom stereocenters. The molecule has 1 aliphatic heterocycles. The minimum absolute atomic E-state index is 0.188. The lowest BCUT2D eigenvalue weighted by atomic mass is 10.4. The van der Waals surface area contributed by atoms with Gasteiger partial charge < -0.3 is 9.45 Å². The maximum absolute atomic E-state index is 10.3. The molecule has 1 heterocycles. The second-order valence-electron chi connectivity index (χ2n) is 2.85. The van der Waals surface area contributed by atoms with Gasteiger partial charge in [-0.1, -0.05) is 0 Å². The first-order chi connectivity index (χ1) is 5.18. The van der Waals surface area contributed by atoms with Crippen molar-refractivity contribution >= 4 is 11.1 Å². The van der Waals surface area contributed by atoms with Crippen molar-refractivity contribution in [3.8, 4) is 0 Å². The molecule has 1 saturated heterocycles. The van der Waals surface area contributed by atoms with Crippen LogP contribution in [0.1, 0.15) is 0 Å². The smallest absolute Gasteiger partial charge is 0.0614 e. The Kier molecular flexibility index (Phi) is 3.45. The fourth-order valence-corrected chi connectivity index (χ4v) is 1.68. The van der Waals surface area contributed by atoms with Gasteiger partial charge in [-0.05, 0) is 18.1 Å². The van der Waals surface area contributed by atoms with Gasteiger partial charge in [0, 0.05) is 26.2 Å². The average molecular weight is 177 g/mol. The Balaban J connectivity index is 2.22. The van der Waals surface area contributed by atoms with E-state index in [0.29, 0.717) is 0 Å². The molecule has 5 heteroatoms. The second kappa shape index (κ2) is 4.15. The zero-order chi connectivity index (χ0) is 8.27. The highest BCUT2D eigenvalue weighted by molar-refractivity contribution is 7.79. The van der Waals surface area contributed by atoms with Gasteiger partial charge in [0.25, 0.3) is 0 Å². The fourth-order valence-electron chi connectivity index (χ4n) is 1.13. The largest absolute Gasteiger partial charge is 0.771 e. The van der Waals surface area contributed by atoms with Crippen LogP contribution in [0.3, 0.4) is 0 Å². The molecule has 0 aromatic heterocycles. The first kappa shape index (κ1) is 9.12. The summed E-state index contributed by atoms with van der Waals surface area (Å²) in [5, 5.41) is 0. The van der Waals surface area contributed by atoms with Gasteiger partial charge in [0.1, 0.15) is 0 Å². The van der Waals surface area contributed by atoms with Crippen LogP contribution < -0.4 is 0 Å². The predicted molar refractivity (Wildman–Crippen MR) is 42.9 cm³/mol. The van der Waals surface area contributed by atoms with Crippen LogP contribution in [0.4, 0.5) is 0 Å². The standard InChI is InChI=1S/C6H14N2O2S/c1-7-2-4-8(5-3-7)6-11(9)10/h2-6H2,1H3,(H,9,10)/p-1. The molecule has 4 nitrogen and oxygen atoms in total. The third kappa shape index (κ3) is 3.29. The summed E-state index contributed by atoms with van der Waals surface area (Å²) in [5.41, 5.74) is 0. The minimum Gasteiger partial charge on any atom is -0.771 e. The molecule has 11 heavy (non-hydrogen) atoms. The predicted octanol–water partition coefficient (Wildman–Crippen LogP) is -0.930. The van der Waals surface area contributed by atoms with E-state index in [1.807, 2.05) is 11.9 Å². The van der Waals surface area contributed by atoms with Gasteiger partial charge in [0.2, 0.25) is 0 Å². The quantitative estimate of drug-likeness (QED) is 0.511. The molecule has 0 amide bonds. The van der Waals surface area contributed by atoms with Crippen LogP contribution in [0.5, 0.6) is 0 Å². The Morgan fingerprint density at radius 1 is 1.36 bits per heavy atom. The third-order valence-electron chi connectivity index (χ3n) is 1.88. The molecule has 0 radical (unpaired) electrons. The summed E-state index contributed by atoms with van der Waals surface area (Å²) in [7, 11) is 2.05. The van der Waals surface area contributed by atoms with Crippen LogP contribution in [0.2, 0.25) is 0 Å². The zero-order valence-electron chi connectivity index (χ0n) is 6.65. The van der Waals surface area contributed by atoms with Crippen molar-refractivity contribution in [1.82, 2.24) is 9.80 Å². The highest BCUT2D eigenvalue weighted by Crippen LogP contribution is 1.98. The van der Waals surface area contributed by atoms with Crippen LogP contribution in [0.15, 0.2) is 0 Å². The highest BCUT2D eigenvalue weighted by atomic mass is 32.2. The van der Waals surface area contributed by atoms with Gasteiger partial charge >= 0.3 is 0 Å². The second-order valence-corrected chi connectivity index (χ2v) is 3.72. The monoisotopic (exact) mass is 177 g/mol. The normalized spacial score (nSPS) is 25.3. The SMILES string of the molecule is CN1CCN(CS(=O)[O-])CC1. The number of piperazine rings is 1. The van der Waals surface area contributed by atoms with Crippen LogP contribution in [0.25, 0.3) is 0 Å². The summed E-state index contributed by atoms with van der Waals surface area (Å²) in [6, 6.07) is 0. The average Bonchev–Trinajstić information content (AvgIpc) is 1.93. The molecule has 0 aromatic rings. The van der Waals surface area contributed by atoms with Gasteiger partial charge in [-0.25, -0.2) is 0 Å². The number of likely N-dealkylation sites (N-methyl/N-ethyl adjacent to an activating group) is 1. The molecule has 0 N–H and O–H groups in total.